The van der Waals surface area contributed by atoms with Crippen LogP contribution in [0.3, 0.4) is 0 Å². The molecular weight excluding hydrogens is 492 g/mol. The summed E-state index contributed by atoms with van der Waals surface area (Å²) in [5.41, 5.74) is 4.25. The molecule has 0 aliphatic rings. The zero-order chi connectivity index (χ0) is 27.6. The highest BCUT2D eigenvalue weighted by Gasteiger charge is 2.20. The number of carbonyl (C=O) groups is 2. The zero-order valence-corrected chi connectivity index (χ0v) is 22.0. The van der Waals surface area contributed by atoms with Crippen molar-refractivity contribution >= 4 is 11.9 Å². The number of carboxylic acid groups (broad SMARTS) is 1. The van der Waals surface area contributed by atoms with Crippen LogP contribution < -0.4 is 14.8 Å². The summed E-state index contributed by atoms with van der Waals surface area (Å²) in [5, 5.41) is 12.5. The molecule has 4 rings (SSSR count). The Morgan fingerprint density at radius 2 is 1.56 bits per heavy atom. The second-order valence-corrected chi connectivity index (χ2v) is 9.42. The number of hydrogen-bond donors (Lipinski definition) is 2. The molecule has 1 aromatic heterocycles. The summed E-state index contributed by atoms with van der Waals surface area (Å²) in [7, 11) is 0. The number of pyridine rings is 1. The van der Waals surface area contributed by atoms with Crippen molar-refractivity contribution in [2.45, 2.75) is 32.3 Å². The van der Waals surface area contributed by atoms with Crippen LogP contribution in [0.25, 0.3) is 11.3 Å². The van der Waals surface area contributed by atoms with Gasteiger partial charge in [-0.3, -0.25) is 9.78 Å². The SMILES string of the molecule is CC(C)c1ccc(OC(Cc2ccc(OCCNC(=O)c3ccc(-c4ccccc4)nc3)cc2)C(=O)O)cc1. The van der Waals surface area contributed by atoms with E-state index in [0.717, 1.165) is 16.8 Å². The first-order chi connectivity index (χ1) is 18.9. The molecule has 7 heteroatoms. The van der Waals surface area contributed by atoms with Crippen LogP contribution in [0, 0.1) is 0 Å². The van der Waals surface area contributed by atoms with Crippen molar-refractivity contribution in [2.24, 2.45) is 0 Å². The van der Waals surface area contributed by atoms with Crippen LogP contribution in [-0.4, -0.2) is 41.2 Å². The summed E-state index contributed by atoms with van der Waals surface area (Å²) >= 11 is 0. The van der Waals surface area contributed by atoms with Gasteiger partial charge in [0.2, 0.25) is 0 Å². The zero-order valence-electron chi connectivity index (χ0n) is 22.0. The standard InChI is InChI=1S/C32H32N2O5/c1-22(2)24-10-15-28(16-11-24)39-30(32(36)37)20-23-8-13-27(14-9-23)38-19-18-33-31(35)26-12-17-29(34-21-26)25-6-4-3-5-7-25/h3-17,21-22,30H,18-20H2,1-2H3,(H,33,35)(H,36,37). The topological polar surface area (TPSA) is 97.8 Å². The van der Waals surface area contributed by atoms with E-state index in [1.807, 2.05) is 60.7 Å². The van der Waals surface area contributed by atoms with Gasteiger partial charge in [-0.05, 0) is 53.4 Å². The molecule has 4 aromatic rings. The Morgan fingerprint density at radius 3 is 2.18 bits per heavy atom. The monoisotopic (exact) mass is 524 g/mol. The van der Waals surface area contributed by atoms with Crippen LogP contribution in [0.4, 0.5) is 0 Å². The number of nitrogens with one attached hydrogen (secondary N) is 1. The summed E-state index contributed by atoms with van der Waals surface area (Å²) in [6, 6.07) is 28.0. The molecule has 0 saturated carbocycles. The smallest absolute Gasteiger partial charge is 0.345 e. The summed E-state index contributed by atoms with van der Waals surface area (Å²) in [6.45, 7) is 4.81. The van der Waals surface area contributed by atoms with Gasteiger partial charge < -0.3 is 19.9 Å². The van der Waals surface area contributed by atoms with Crippen LogP contribution in [0.2, 0.25) is 0 Å². The number of hydrogen-bond acceptors (Lipinski definition) is 5. The molecule has 200 valence electrons. The largest absolute Gasteiger partial charge is 0.492 e. The molecule has 0 spiro atoms. The van der Waals surface area contributed by atoms with Gasteiger partial charge in [0.1, 0.15) is 18.1 Å². The highest BCUT2D eigenvalue weighted by Crippen LogP contribution is 2.21. The molecule has 0 saturated heterocycles. The van der Waals surface area contributed by atoms with Crippen molar-refractivity contribution in [3.63, 3.8) is 0 Å². The maximum absolute atomic E-state index is 12.4. The number of benzene rings is 3. The number of amides is 1. The molecule has 0 bridgehead atoms. The highest BCUT2D eigenvalue weighted by atomic mass is 16.5. The molecule has 0 fully saturated rings. The number of rotatable bonds is 12. The Balaban J connectivity index is 1.22. The second-order valence-electron chi connectivity index (χ2n) is 9.42. The molecule has 7 nitrogen and oxygen atoms in total. The minimum atomic E-state index is -1.02. The van der Waals surface area contributed by atoms with E-state index < -0.39 is 12.1 Å². The Labute approximate surface area is 228 Å². The van der Waals surface area contributed by atoms with Crippen LogP contribution in [0.1, 0.15) is 41.3 Å². The lowest BCUT2D eigenvalue weighted by Gasteiger charge is -2.16. The van der Waals surface area contributed by atoms with Crippen molar-refractivity contribution < 1.29 is 24.2 Å². The minimum absolute atomic E-state index is 0.217. The predicted molar refractivity (Wildman–Crippen MR) is 150 cm³/mol. The fourth-order valence-corrected chi connectivity index (χ4v) is 3.95. The van der Waals surface area contributed by atoms with Crippen LogP contribution >= 0.6 is 0 Å². The lowest BCUT2D eigenvalue weighted by Crippen LogP contribution is -2.29. The third kappa shape index (κ3) is 7.92. The van der Waals surface area contributed by atoms with E-state index in [1.165, 1.54) is 5.56 Å². The third-order valence-electron chi connectivity index (χ3n) is 6.20. The summed E-state index contributed by atoms with van der Waals surface area (Å²) < 4.78 is 11.5. The first-order valence-corrected chi connectivity index (χ1v) is 12.9. The van der Waals surface area contributed by atoms with Gasteiger partial charge in [0.05, 0.1) is 17.8 Å². The van der Waals surface area contributed by atoms with Crippen LogP contribution in [0.5, 0.6) is 11.5 Å². The quantitative estimate of drug-likeness (QED) is 0.229. The third-order valence-corrected chi connectivity index (χ3v) is 6.20. The molecule has 0 radical (unpaired) electrons. The molecule has 2 N–H and O–H groups in total. The molecule has 1 atom stereocenters. The van der Waals surface area contributed by atoms with Crippen molar-refractivity contribution in [3.05, 3.63) is 114 Å². The fourth-order valence-electron chi connectivity index (χ4n) is 3.95. The summed E-state index contributed by atoms with van der Waals surface area (Å²) in [4.78, 5) is 28.6. The average molecular weight is 525 g/mol. The number of ether oxygens (including phenoxy) is 2. The molecule has 0 aliphatic carbocycles. The van der Waals surface area contributed by atoms with Gasteiger partial charge in [-0.2, -0.15) is 0 Å². The van der Waals surface area contributed by atoms with E-state index in [-0.39, 0.29) is 18.9 Å². The number of aliphatic carboxylic acids is 1. The Kier molecular flexibility index (Phi) is 9.29. The first-order valence-electron chi connectivity index (χ1n) is 12.9. The number of carbonyl (C=O) groups excluding carboxylic acids is 1. The maximum Gasteiger partial charge on any atom is 0.345 e. The van der Waals surface area contributed by atoms with Crippen molar-refractivity contribution in [2.75, 3.05) is 13.2 Å². The van der Waals surface area contributed by atoms with Crippen LogP contribution in [-0.2, 0) is 11.2 Å². The lowest BCUT2D eigenvalue weighted by molar-refractivity contribution is -0.145. The van der Waals surface area contributed by atoms with Gasteiger partial charge >= 0.3 is 5.97 Å². The molecule has 0 aliphatic heterocycles. The predicted octanol–water partition coefficient (Wildman–Crippen LogP) is 5.76. The molecule has 1 amide bonds. The summed E-state index contributed by atoms with van der Waals surface area (Å²) in [6.07, 6.45) is 0.772. The van der Waals surface area contributed by atoms with E-state index in [9.17, 15) is 14.7 Å². The summed E-state index contributed by atoms with van der Waals surface area (Å²) in [5.74, 6) is 0.292. The van der Waals surface area contributed by atoms with E-state index in [0.29, 0.717) is 29.5 Å². The normalized spacial score (nSPS) is 11.6. The van der Waals surface area contributed by atoms with E-state index in [2.05, 4.69) is 24.1 Å². The van der Waals surface area contributed by atoms with Crippen LogP contribution in [0.15, 0.2) is 97.2 Å². The van der Waals surface area contributed by atoms with Gasteiger partial charge in [-0.25, -0.2) is 4.79 Å². The lowest BCUT2D eigenvalue weighted by atomic mass is 10.0. The Bertz CT molecular complexity index is 1350. The molecular formula is C32H32N2O5. The molecule has 1 heterocycles. The Morgan fingerprint density at radius 1 is 0.872 bits per heavy atom. The first kappa shape index (κ1) is 27.4. The molecule has 1 unspecified atom stereocenters. The number of aromatic nitrogens is 1. The minimum Gasteiger partial charge on any atom is -0.492 e. The molecule has 3 aromatic carbocycles. The number of carboxylic acids is 1. The maximum atomic E-state index is 12.4. The Hall–Kier alpha value is -4.65. The van der Waals surface area contributed by atoms with Gasteiger partial charge in [-0.1, -0.05) is 68.4 Å². The van der Waals surface area contributed by atoms with E-state index >= 15 is 0 Å². The van der Waals surface area contributed by atoms with Gasteiger partial charge in [0.15, 0.2) is 6.10 Å². The average Bonchev–Trinajstić information content (AvgIpc) is 2.96. The van der Waals surface area contributed by atoms with E-state index in [4.69, 9.17) is 9.47 Å². The van der Waals surface area contributed by atoms with Gasteiger partial charge in [0, 0.05) is 18.2 Å². The van der Waals surface area contributed by atoms with Crippen molar-refractivity contribution in [3.8, 4) is 22.8 Å². The van der Waals surface area contributed by atoms with Crippen molar-refractivity contribution in [1.29, 1.82) is 0 Å². The van der Waals surface area contributed by atoms with Gasteiger partial charge in [-0.15, -0.1) is 0 Å². The second kappa shape index (κ2) is 13.2. The molecule has 39 heavy (non-hydrogen) atoms. The van der Waals surface area contributed by atoms with Gasteiger partial charge in [0.25, 0.3) is 5.91 Å². The fraction of sp³-hybridized carbons (Fsp3) is 0.219. The number of nitrogens with zero attached hydrogens (tertiary/aromatic N) is 1. The van der Waals surface area contributed by atoms with E-state index in [1.54, 1.807) is 36.5 Å². The van der Waals surface area contributed by atoms with Crippen molar-refractivity contribution in [1.82, 2.24) is 10.3 Å². The highest BCUT2D eigenvalue weighted by molar-refractivity contribution is 5.94.